The molecule has 0 aliphatic carbocycles. The standard InChI is InChI=1S/C19H22N2O/c22-19-16-10-6-8-15-9-7-11-17(18(15)16)21(19)14-20-12-4-2-1-3-5-13-20/h6-11H,1-5,12-14H2. The molecule has 0 atom stereocenters. The molecule has 1 amide bonds. The number of carbonyl (C=O) groups excluding carboxylic acids is 1. The van der Waals surface area contributed by atoms with Crippen molar-refractivity contribution >= 4 is 22.4 Å². The molecule has 2 aromatic rings. The third-order valence-corrected chi connectivity index (χ3v) is 4.94. The Morgan fingerprint density at radius 1 is 0.864 bits per heavy atom. The van der Waals surface area contributed by atoms with Crippen LogP contribution in [0, 0.1) is 0 Å². The van der Waals surface area contributed by atoms with E-state index in [0.717, 1.165) is 36.4 Å². The van der Waals surface area contributed by atoms with Crippen LogP contribution in [0.3, 0.4) is 0 Å². The molecule has 1 fully saturated rings. The molecule has 114 valence electrons. The van der Waals surface area contributed by atoms with Crippen molar-refractivity contribution in [1.82, 2.24) is 4.90 Å². The van der Waals surface area contributed by atoms with Gasteiger partial charge in [0.25, 0.3) is 5.91 Å². The molecule has 1 saturated heterocycles. The van der Waals surface area contributed by atoms with Crippen molar-refractivity contribution in [3.8, 4) is 0 Å². The van der Waals surface area contributed by atoms with Gasteiger partial charge in [-0.05, 0) is 43.5 Å². The summed E-state index contributed by atoms with van der Waals surface area (Å²) in [6.07, 6.45) is 6.50. The normalized spacial score (nSPS) is 19.5. The maximum Gasteiger partial charge on any atom is 0.260 e. The van der Waals surface area contributed by atoms with Gasteiger partial charge in [0.1, 0.15) is 0 Å². The van der Waals surface area contributed by atoms with Crippen molar-refractivity contribution in [2.75, 3.05) is 24.7 Å². The van der Waals surface area contributed by atoms with Crippen molar-refractivity contribution in [1.29, 1.82) is 0 Å². The fourth-order valence-electron chi connectivity index (χ4n) is 3.77. The van der Waals surface area contributed by atoms with E-state index < -0.39 is 0 Å². The molecular formula is C19H22N2O. The van der Waals surface area contributed by atoms with Gasteiger partial charge in [-0.2, -0.15) is 0 Å². The van der Waals surface area contributed by atoms with Gasteiger partial charge in [-0.3, -0.25) is 14.6 Å². The Morgan fingerprint density at radius 3 is 2.32 bits per heavy atom. The van der Waals surface area contributed by atoms with Crippen LogP contribution < -0.4 is 4.90 Å². The average molecular weight is 294 g/mol. The molecule has 0 unspecified atom stereocenters. The first-order valence-electron chi connectivity index (χ1n) is 8.40. The lowest BCUT2D eigenvalue weighted by molar-refractivity contribution is 0.0972. The Labute approximate surface area is 131 Å². The highest BCUT2D eigenvalue weighted by Crippen LogP contribution is 2.37. The summed E-state index contributed by atoms with van der Waals surface area (Å²) in [5.41, 5.74) is 1.94. The third-order valence-electron chi connectivity index (χ3n) is 4.94. The predicted molar refractivity (Wildman–Crippen MR) is 90.3 cm³/mol. The van der Waals surface area contributed by atoms with E-state index in [1.165, 1.54) is 37.5 Å². The van der Waals surface area contributed by atoms with E-state index in [-0.39, 0.29) is 5.91 Å². The molecule has 0 radical (unpaired) electrons. The fourth-order valence-corrected chi connectivity index (χ4v) is 3.77. The van der Waals surface area contributed by atoms with Gasteiger partial charge < -0.3 is 0 Å². The molecule has 2 aromatic carbocycles. The Kier molecular flexibility index (Phi) is 3.59. The molecule has 0 saturated carbocycles. The highest BCUT2D eigenvalue weighted by atomic mass is 16.2. The number of carbonyl (C=O) groups is 1. The van der Waals surface area contributed by atoms with Crippen molar-refractivity contribution in [3.63, 3.8) is 0 Å². The number of hydrogen-bond donors (Lipinski definition) is 0. The third kappa shape index (κ3) is 2.30. The Bertz CT molecular complexity index is 696. The monoisotopic (exact) mass is 294 g/mol. The fraction of sp³-hybridized carbons (Fsp3) is 0.421. The lowest BCUT2D eigenvalue weighted by atomic mass is 10.1. The molecule has 0 spiro atoms. The number of hydrogen-bond acceptors (Lipinski definition) is 2. The van der Waals surface area contributed by atoms with Crippen LogP contribution in [0.15, 0.2) is 36.4 Å². The van der Waals surface area contributed by atoms with Crippen LogP contribution in [0.2, 0.25) is 0 Å². The van der Waals surface area contributed by atoms with Gasteiger partial charge in [0.15, 0.2) is 0 Å². The average Bonchev–Trinajstić information content (AvgIpc) is 2.78. The zero-order valence-corrected chi connectivity index (χ0v) is 12.9. The van der Waals surface area contributed by atoms with Gasteiger partial charge in [-0.25, -0.2) is 0 Å². The van der Waals surface area contributed by atoms with Crippen LogP contribution in [0.5, 0.6) is 0 Å². The van der Waals surface area contributed by atoms with E-state index in [0.29, 0.717) is 0 Å². The van der Waals surface area contributed by atoms with Crippen LogP contribution in [-0.2, 0) is 0 Å². The summed E-state index contributed by atoms with van der Waals surface area (Å²) in [6, 6.07) is 12.3. The van der Waals surface area contributed by atoms with Gasteiger partial charge in [0, 0.05) is 10.9 Å². The smallest absolute Gasteiger partial charge is 0.260 e. The minimum absolute atomic E-state index is 0.161. The highest BCUT2D eigenvalue weighted by Gasteiger charge is 2.30. The number of benzene rings is 2. The van der Waals surface area contributed by atoms with E-state index in [1.807, 2.05) is 17.0 Å². The Hall–Kier alpha value is -1.87. The first kappa shape index (κ1) is 13.8. The van der Waals surface area contributed by atoms with Gasteiger partial charge in [0.05, 0.1) is 12.4 Å². The van der Waals surface area contributed by atoms with Crippen molar-refractivity contribution in [3.05, 3.63) is 42.0 Å². The molecule has 0 bridgehead atoms. The maximum absolute atomic E-state index is 12.8. The summed E-state index contributed by atoms with van der Waals surface area (Å²) in [4.78, 5) is 17.2. The zero-order chi connectivity index (χ0) is 14.9. The molecule has 22 heavy (non-hydrogen) atoms. The summed E-state index contributed by atoms with van der Waals surface area (Å²) < 4.78 is 0. The lowest BCUT2D eigenvalue weighted by Crippen LogP contribution is -2.41. The van der Waals surface area contributed by atoms with E-state index in [9.17, 15) is 4.79 Å². The number of likely N-dealkylation sites (tertiary alicyclic amines) is 1. The minimum atomic E-state index is 0.161. The number of nitrogens with zero attached hydrogens (tertiary/aromatic N) is 2. The van der Waals surface area contributed by atoms with Crippen LogP contribution in [0.4, 0.5) is 5.69 Å². The first-order valence-corrected chi connectivity index (χ1v) is 8.40. The Morgan fingerprint density at radius 2 is 1.55 bits per heavy atom. The van der Waals surface area contributed by atoms with E-state index in [4.69, 9.17) is 0 Å². The second-order valence-corrected chi connectivity index (χ2v) is 6.44. The quantitative estimate of drug-likeness (QED) is 0.835. The molecule has 3 heteroatoms. The molecule has 2 heterocycles. The van der Waals surface area contributed by atoms with Crippen molar-refractivity contribution < 1.29 is 4.79 Å². The second-order valence-electron chi connectivity index (χ2n) is 6.44. The van der Waals surface area contributed by atoms with Crippen molar-refractivity contribution in [2.45, 2.75) is 32.1 Å². The van der Waals surface area contributed by atoms with Crippen LogP contribution >= 0.6 is 0 Å². The predicted octanol–water partition coefficient (Wildman–Crippen LogP) is 4.02. The summed E-state index contributed by atoms with van der Waals surface area (Å²) in [5, 5.41) is 2.29. The van der Waals surface area contributed by atoms with Crippen LogP contribution in [0.25, 0.3) is 10.8 Å². The topological polar surface area (TPSA) is 23.6 Å². The lowest BCUT2D eigenvalue weighted by Gasteiger charge is -2.29. The largest absolute Gasteiger partial charge is 0.294 e. The van der Waals surface area contributed by atoms with E-state index >= 15 is 0 Å². The number of anilines is 1. The molecular weight excluding hydrogens is 272 g/mol. The molecule has 0 aromatic heterocycles. The summed E-state index contributed by atoms with van der Waals surface area (Å²) >= 11 is 0. The SMILES string of the molecule is O=C1c2cccc3cccc(c23)N1CN1CCCCCCC1. The minimum Gasteiger partial charge on any atom is -0.294 e. The maximum atomic E-state index is 12.8. The van der Waals surface area contributed by atoms with Crippen molar-refractivity contribution in [2.24, 2.45) is 0 Å². The molecule has 3 nitrogen and oxygen atoms in total. The van der Waals surface area contributed by atoms with Gasteiger partial charge in [0.2, 0.25) is 0 Å². The van der Waals surface area contributed by atoms with Gasteiger partial charge >= 0.3 is 0 Å². The summed E-state index contributed by atoms with van der Waals surface area (Å²) in [6.45, 7) is 2.94. The first-order chi connectivity index (χ1) is 10.8. The zero-order valence-electron chi connectivity index (χ0n) is 12.9. The molecule has 2 aliphatic rings. The summed E-state index contributed by atoms with van der Waals surface area (Å²) in [5.74, 6) is 0.161. The molecule has 2 aliphatic heterocycles. The van der Waals surface area contributed by atoms with Crippen LogP contribution in [-0.4, -0.2) is 30.6 Å². The van der Waals surface area contributed by atoms with Gasteiger partial charge in [-0.15, -0.1) is 0 Å². The second kappa shape index (κ2) is 5.73. The summed E-state index contributed by atoms with van der Waals surface area (Å²) in [7, 11) is 0. The Balaban J connectivity index is 1.63. The molecule has 4 rings (SSSR count). The van der Waals surface area contributed by atoms with E-state index in [2.05, 4.69) is 29.2 Å². The van der Waals surface area contributed by atoms with E-state index in [1.54, 1.807) is 0 Å². The van der Waals surface area contributed by atoms with Gasteiger partial charge in [-0.1, -0.05) is 43.5 Å². The van der Waals surface area contributed by atoms with Crippen LogP contribution in [0.1, 0.15) is 42.5 Å². The number of amides is 1. The number of rotatable bonds is 2. The molecule has 0 N–H and O–H groups in total. The highest BCUT2D eigenvalue weighted by molar-refractivity contribution is 6.24.